The minimum absolute atomic E-state index is 0.252. The molecule has 0 fully saturated rings. The van der Waals surface area contributed by atoms with Crippen molar-refractivity contribution in [2.45, 2.75) is 52.6 Å². The predicted molar refractivity (Wildman–Crippen MR) is 73.7 cm³/mol. The van der Waals surface area contributed by atoms with Gasteiger partial charge in [0.2, 0.25) is 0 Å². The van der Waals surface area contributed by atoms with Gasteiger partial charge in [-0.1, -0.05) is 13.8 Å². The van der Waals surface area contributed by atoms with Crippen LogP contribution in [-0.2, 0) is 4.74 Å². The Labute approximate surface area is 105 Å². The van der Waals surface area contributed by atoms with Gasteiger partial charge < -0.3 is 15.4 Å². The van der Waals surface area contributed by atoms with Gasteiger partial charge in [-0.05, 0) is 44.8 Å². The molecule has 0 heterocycles. The van der Waals surface area contributed by atoms with Gasteiger partial charge in [0.15, 0.2) is 5.11 Å². The highest BCUT2D eigenvalue weighted by Gasteiger charge is 2.07. The van der Waals surface area contributed by atoms with Gasteiger partial charge in [0.05, 0.1) is 6.61 Å². The Morgan fingerprint density at radius 2 is 1.62 bits per heavy atom. The fraction of sp³-hybridized carbons (Fsp3) is 0.917. The third kappa shape index (κ3) is 8.92. The van der Waals surface area contributed by atoms with E-state index in [0.717, 1.165) is 17.5 Å². The predicted octanol–water partition coefficient (Wildman–Crippen LogP) is 2.31. The average molecular weight is 246 g/mol. The molecular weight excluding hydrogens is 220 g/mol. The number of thiocarbonyl (C=S) groups is 1. The second kappa shape index (κ2) is 8.76. The van der Waals surface area contributed by atoms with E-state index in [1.54, 1.807) is 7.11 Å². The Morgan fingerprint density at radius 1 is 1.06 bits per heavy atom. The molecule has 0 radical (unpaired) electrons. The van der Waals surface area contributed by atoms with Crippen LogP contribution in [0, 0.1) is 5.92 Å². The Morgan fingerprint density at radius 3 is 2.12 bits per heavy atom. The first-order chi connectivity index (χ1) is 7.45. The molecule has 0 saturated heterocycles. The lowest BCUT2D eigenvalue weighted by atomic mass is 10.0. The summed E-state index contributed by atoms with van der Waals surface area (Å²) in [7, 11) is 1.69. The Balaban J connectivity index is 3.69. The normalized spacial score (nSPS) is 14.6. The maximum atomic E-state index is 5.22. The first-order valence-corrected chi connectivity index (χ1v) is 6.42. The third-order valence-electron chi connectivity index (χ3n) is 2.35. The van der Waals surface area contributed by atoms with Crippen LogP contribution in [0.3, 0.4) is 0 Å². The van der Waals surface area contributed by atoms with Gasteiger partial charge in [0.25, 0.3) is 0 Å². The highest BCUT2D eigenvalue weighted by molar-refractivity contribution is 7.80. The zero-order valence-corrected chi connectivity index (χ0v) is 12.0. The maximum Gasteiger partial charge on any atom is 0.166 e. The van der Waals surface area contributed by atoms with Crippen molar-refractivity contribution >= 4 is 17.3 Å². The third-order valence-corrected chi connectivity index (χ3v) is 2.58. The fourth-order valence-electron chi connectivity index (χ4n) is 1.44. The van der Waals surface area contributed by atoms with Crippen molar-refractivity contribution in [2.75, 3.05) is 13.7 Å². The molecule has 0 aliphatic carbocycles. The molecule has 2 atom stereocenters. The summed E-state index contributed by atoms with van der Waals surface area (Å²) in [5.41, 5.74) is 0. The molecule has 0 aromatic rings. The van der Waals surface area contributed by atoms with Gasteiger partial charge in [-0.3, -0.25) is 0 Å². The van der Waals surface area contributed by atoms with Crippen molar-refractivity contribution in [2.24, 2.45) is 5.92 Å². The van der Waals surface area contributed by atoms with Crippen LogP contribution in [0.1, 0.15) is 40.5 Å². The molecule has 16 heavy (non-hydrogen) atoms. The van der Waals surface area contributed by atoms with E-state index in [4.69, 9.17) is 17.0 Å². The van der Waals surface area contributed by atoms with E-state index >= 15 is 0 Å². The van der Waals surface area contributed by atoms with Crippen molar-refractivity contribution in [3.05, 3.63) is 0 Å². The van der Waals surface area contributed by atoms with Gasteiger partial charge in [0.1, 0.15) is 0 Å². The van der Waals surface area contributed by atoms with Crippen LogP contribution >= 0.6 is 12.2 Å². The fourth-order valence-corrected chi connectivity index (χ4v) is 1.84. The highest BCUT2D eigenvalue weighted by Crippen LogP contribution is 2.06. The summed E-state index contributed by atoms with van der Waals surface area (Å²) in [5.74, 6) is 0.748. The molecule has 2 N–H and O–H groups in total. The van der Waals surface area contributed by atoms with Crippen LogP contribution < -0.4 is 10.6 Å². The van der Waals surface area contributed by atoms with E-state index in [2.05, 4.69) is 38.3 Å². The number of nitrogens with one attached hydrogen (secondary N) is 2. The molecule has 4 heteroatoms. The van der Waals surface area contributed by atoms with Crippen molar-refractivity contribution in [3.63, 3.8) is 0 Å². The van der Waals surface area contributed by atoms with Crippen LogP contribution in [0.4, 0.5) is 0 Å². The average Bonchev–Trinajstić information content (AvgIpc) is 2.14. The van der Waals surface area contributed by atoms with Crippen LogP contribution in [0.25, 0.3) is 0 Å². The Kier molecular flexibility index (Phi) is 8.57. The number of rotatable bonds is 7. The number of hydrogen-bond donors (Lipinski definition) is 2. The molecular formula is C12H26N2OS. The molecule has 3 nitrogen and oxygen atoms in total. The van der Waals surface area contributed by atoms with Gasteiger partial charge in [-0.15, -0.1) is 0 Å². The molecule has 0 aliphatic rings. The monoisotopic (exact) mass is 246 g/mol. The quantitative estimate of drug-likeness (QED) is 0.675. The lowest BCUT2D eigenvalue weighted by Crippen LogP contribution is -2.45. The molecule has 0 bridgehead atoms. The lowest BCUT2D eigenvalue weighted by Gasteiger charge is -2.20. The van der Waals surface area contributed by atoms with E-state index in [9.17, 15) is 0 Å². The van der Waals surface area contributed by atoms with E-state index in [0.29, 0.717) is 12.6 Å². The van der Waals surface area contributed by atoms with Gasteiger partial charge in [0, 0.05) is 19.2 Å². The summed E-state index contributed by atoms with van der Waals surface area (Å²) in [5, 5.41) is 7.21. The first-order valence-electron chi connectivity index (χ1n) is 6.01. The largest absolute Gasteiger partial charge is 0.383 e. The molecule has 2 unspecified atom stereocenters. The topological polar surface area (TPSA) is 33.3 Å². The molecule has 0 aromatic heterocycles. The lowest BCUT2D eigenvalue weighted by molar-refractivity contribution is 0.179. The standard InChI is InChI=1S/C12H26N2OS/c1-9(2)6-7-10(3)13-12(16)14-11(4)8-15-5/h9-11H,6-8H2,1-5H3,(H2,13,14,16). The number of ether oxygens (including phenoxy) is 1. The Bertz CT molecular complexity index is 197. The number of methoxy groups -OCH3 is 1. The van der Waals surface area contributed by atoms with Crippen molar-refractivity contribution < 1.29 is 4.74 Å². The summed E-state index contributed by atoms with van der Waals surface area (Å²) in [6.07, 6.45) is 2.38. The molecule has 96 valence electrons. The van der Waals surface area contributed by atoms with Crippen LogP contribution in [0.15, 0.2) is 0 Å². The smallest absolute Gasteiger partial charge is 0.166 e. The highest BCUT2D eigenvalue weighted by atomic mass is 32.1. The van der Waals surface area contributed by atoms with Crippen molar-refractivity contribution in [1.82, 2.24) is 10.6 Å². The molecule has 0 aromatic carbocycles. The minimum Gasteiger partial charge on any atom is -0.383 e. The summed E-state index contributed by atoms with van der Waals surface area (Å²) in [6.45, 7) is 9.36. The summed E-state index contributed by atoms with van der Waals surface area (Å²) < 4.78 is 5.04. The molecule has 0 amide bonds. The summed E-state index contributed by atoms with van der Waals surface area (Å²) in [6, 6.07) is 0.680. The summed E-state index contributed by atoms with van der Waals surface area (Å²) in [4.78, 5) is 0. The van der Waals surface area contributed by atoms with Crippen LogP contribution in [0.5, 0.6) is 0 Å². The van der Waals surface area contributed by atoms with Crippen LogP contribution in [-0.4, -0.2) is 30.9 Å². The molecule has 0 aliphatic heterocycles. The van der Waals surface area contributed by atoms with Gasteiger partial charge >= 0.3 is 0 Å². The van der Waals surface area contributed by atoms with E-state index in [1.165, 1.54) is 6.42 Å². The van der Waals surface area contributed by atoms with Gasteiger partial charge in [-0.25, -0.2) is 0 Å². The molecule has 0 saturated carbocycles. The minimum atomic E-state index is 0.252. The maximum absolute atomic E-state index is 5.22. The summed E-state index contributed by atoms with van der Waals surface area (Å²) >= 11 is 5.22. The molecule has 0 spiro atoms. The second-order valence-corrected chi connectivity index (χ2v) is 5.25. The molecule has 0 rings (SSSR count). The SMILES string of the molecule is COCC(C)NC(=S)NC(C)CCC(C)C. The zero-order valence-electron chi connectivity index (χ0n) is 11.2. The van der Waals surface area contributed by atoms with E-state index in [1.807, 2.05) is 0 Å². The second-order valence-electron chi connectivity index (χ2n) is 4.85. The van der Waals surface area contributed by atoms with E-state index < -0.39 is 0 Å². The van der Waals surface area contributed by atoms with E-state index in [-0.39, 0.29) is 6.04 Å². The van der Waals surface area contributed by atoms with Crippen molar-refractivity contribution in [1.29, 1.82) is 0 Å². The van der Waals surface area contributed by atoms with Crippen LogP contribution in [0.2, 0.25) is 0 Å². The zero-order chi connectivity index (χ0) is 12.6. The Hall–Kier alpha value is -0.350. The number of hydrogen-bond acceptors (Lipinski definition) is 2. The van der Waals surface area contributed by atoms with Crippen molar-refractivity contribution in [3.8, 4) is 0 Å². The first kappa shape index (κ1) is 15.7. The van der Waals surface area contributed by atoms with Gasteiger partial charge in [-0.2, -0.15) is 0 Å².